The fraction of sp³-hybridized carbons (Fsp3) is 0.765. The standard InChI is InChI=1S/C17H28N4O3S/c1-20(13-8-9-25(23,24)12-13)11-17(22)21(2)10-16-14-6-4-3-5-7-15(14)18-19-16/h13H,3-12H2,1-2H3,(H,18,19)/t13-/m1/s1. The van der Waals surface area contributed by atoms with Crippen LogP contribution in [-0.2, 0) is 34.0 Å². The van der Waals surface area contributed by atoms with Crippen LogP contribution in [0.3, 0.4) is 0 Å². The van der Waals surface area contributed by atoms with E-state index in [0.717, 1.165) is 18.5 Å². The van der Waals surface area contributed by atoms with Crippen LogP contribution in [0.1, 0.15) is 42.6 Å². The molecule has 1 aromatic heterocycles. The van der Waals surface area contributed by atoms with Crippen molar-refractivity contribution in [1.29, 1.82) is 0 Å². The van der Waals surface area contributed by atoms with E-state index in [1.807, 2.05) is 11.9 Å². The number of fused-ring (bicyclic) bond motifs is 1. The van der Waals surface area contributed by atoms with Gasteiger partial charge in [0.2, 0.25) is 5.91 Å². The highest BCUT2D eigenvalue weighted by Gasteiger charge is 2.31. The first-order valence-corrected chi connectivity index (χ1v) is 10.9. The molecule has 0 spiro atoms. The minimum atomic E-state index is -2.93. The van der Waals surface area contributed by atoms with Gasteiger partial charge in [-0.2, -0.15) is 5.10 Å². The van der Waals surface area contributed by atoms with Gasteiger partial charge in [-0.25, -0.2) is 8.42 Å². The summed E-state index contributed by atoms with van der Waals surface area (Å²) in [4.78, 5) is 16.1. The van der Waals surface area contributed by atoms with Crippen molar-refractivity contribution in [2.75, 3.05) is 32.1 Å². The van der Waals surface area contributed by atoms with Gasteiger partial charge < -0.3 is 4.90 Å². The van der Waals surface area contributed by atoms with Gasteiger partial charge in [-0.15, -0.1) is 0 Å². The third-order valence-corrected chi connectivity index (χ3v) is 7.17. The smallest absolute Gasteiger partial charge is 0.236 e. The summed E-state index contributed by atoms with van der Waals surface area (Å²) in [5.74, 6) is 0.385. The van der Waals surface area contributed by atoms with E-state index in [9.17, 15) is 13.2 Å². The molecular weight excluding hydrogens is 340 g/mol. The van der Waals surface area contributed by atoms with E-state index >= 15 is 0 Å². The zero-order valence-corrected chi connectivity index (χ0v) is 15.9. The topological polar surface area (TPSA) is 86.4 Å². The number of likely N-dealkylation sites (N-methyl/N-ethyl adjacent to an activating group) is 2. The first-order chi connectivity index (χ1) is 11.9. The van der Waals surface area contributed by atoms with Crippen LogP contribution in [-0.4, -0.2) is 72.5 Å². The first-order valence-electron chi connectivity index (χ1n) is 9.05. The van der Waals surface area contributed by atoms with Crippen LogP contribution in [0.15, 0.2) is 0 Å². The lowest BCUT2D eigenvalue weighted by Gasteiger charge is -2.25. The molecule has 0 aromatic carbocycles. The lowest BCUT2D eigenvalue weighted by molar-refractivity contribution is -0.131. The molecule has 1 N–H and O–H groups in total. The quantitative estimate of drug-likeness (QED) is 0.776. The second kappa shape index (κ2) is 7.45. The Bertz CT molecular complexity index is 728. The Morgan fingerprint density at radius 3 is 2.72 bits per heavy atom. The largest absolute Gasteiger partial charge is 0.339 e. The summed E-state index contributed by atoms with van der Waals surface area (Å²) in [5.41, 5.74) is 3.48. The summed E-state index contributed by atoms with van der Waals surface area (Å²) in [6.45, 7) is 0.741. The molecule has 2 heterocycles. The van der Waals surface area contributed by atoms with E-state index in [1.165, 1.54) is 30.5 Å². The molecule has 1 fully saturated rings. The number of aryl methyl sites for hydroxylation is 1. The molecule has 1 aliphatic carbocycles. The molecule has 25 heavy (non-hydrogen) atoms. The zero-order valence-electron chi connectivity index (χ0n) is 15.1. The molecule has 140 valence electrons. The van der Waals surface area contributed by atoms with E-state index in [2.05, 4.69) is 10.2 Å². The third kappa shape index (κ3) is 4.41. The lowest BCUT2D eigenvalue weighted by Crippen LogP contribution is -2.41. The number of H-pyrrole nitrogens is 1. The van der Waals surface area contributed by atoms with Gasteiger partial charge in [0.05, 0.1) is 30.3 Å². The highest BCUT2D eigenvalue weighted by atomic mass is 32.2. The van der Waals surface area contributed by atoms with Crippen molar-refractivity contribution in [3.8, 4) is 0 Å². The minimum absolute atomic E-state index is 0.00262. The van der Waals surface area contributed by atoms with E-state index in [-0.39, 0.29) is 30.0 Å². The monoisotopic (exact) mass is 368 g/mol. The molecule has 1 aliphatic heterocycles. The zero-order chi connectivity index (χ0) is 18.0. The number of carbonyl (C=O) groups excluding carboxylic acids is 1. The van der Waals surface area contributed by atoms with Crippen LogP contribution in [0.25, 0.3) is 0 Å². The van der Waals surface area contributed by atoms with Gasteiger partial charge in [-0.05, 0) is 44.7 Å². The van der Waals surface area contributed by atoms with E-state index in [0.29, 0.717) is 13.0 Å². The van der Waals surface area contributed by atoms with Crippen molar-refractivity contribution in [2.24, 2.45) is 0 Å². The highest BCUT2D eigenvalue weighted by Crippen LogP contribution is 2.22. The minimum Gasteiger partial charge on any atom is -0.339 e. The molecule has 8 heteroatoms. The number of nitrogens with zero attached hydrogens (tertiary/aromatic N) is 3. The molecule has 1 amide bonds. The normalized spacial score (nSPS) is 22.6. The maximum Gasteiger partial charge on any atom is 0.236 e. The summed E-state index contributed by atoms with van der Waals surface area (Å²) >= 11 is 0. The van der Waals surface area contributed by atoms with Gasteiger partial charge in [0.1, 0.15) is 0 Å². The molecular formula is C17H28N4O3S. The van der Waals surface area contributed by atoms with Crippen LogP contribution >= 0.6 is 0 Å². The Morgan fingerprint density at radius 2 is 2.00 bits per heavy atom. The molecule has 1 atom stereocenters. The maximum atomic E-state index is 12.5. The molecule has 0 radical (unpaired) electrons. The molecule has 1 saturated heterocycles. The van der Waals surface area contributed by atoms with E-state index < -0.39 is 9.84 Å². The Labute approximate surface area is 149 Å². The summed E-state index contributed by atoms with van der Waals surface area (Å²) < 4.78 is 23.2. The van der Waals surface area contributed by atoms with Crippen molar-refractivity contribution >= 4 is 15.7 Å². The second-order valence-electron chi connectivity index (χ2n) is 7.41. The fourth-order valence-corrected chi connectivity index (χ4v) is 5.56. The predicted molar refractivity (Wildman–Crippen MR) is 96.0 cm³/mol. The average Bonchev–Trinajstić information content (AvgIpc) is 3.01. The Hall–Kier alpha value is -1.41. The van der Waals surface area contributed by atoms with Gasteiger partial charge in [-0.1, -0.05) is 6.42 Å². The van der Waals surface area contributed by atoms with Gasteiger partial charge in [0, 0.05) is 18.8 Å². The number of aromatic amines is 1. The molecule has 1 aromatic rings. The number of hydrogen-bond acceptors (Lipinski definition) is 5. The first kappa shape index (κ1) is 18.4. The van der Waals surface area contributed by atoms with Crippen LogP contribution in [0.2, 0.25) is 0 Å². The second-order valence-corrected chi connectivity index (χ2v) is 9.64. The molecule has 0 unspecified atom stereocenters. The SMILES string of the molecule is CN(Cc1n[nH]c2c1CCCCC2)C(=O)CN(C)[C@@H]1CCS(=O)(=O)C1. The van der Waals surface area contributed by atoms with Gasteiger partial charge >= 0.3 is 0 Å². The van der Waals surface area contributed by atoms with Crippen molar-refractivity contribution in [2.45, 2.75) is 51.1 Å². The number of sulfone groups is 1. The van der Waals surface area contributed by atoms with Crippen LogP contribution in [0.5, 0.6) is 0 Å². The fourth-order valence-electron chi connectivity index (χ4n) is 3.76. The van der Waals surface area contributed by atoms with Crippen molar-refractivity contribution in [1.82, 2.24) is 20.0 Å². The van der Waals surface area contributed by atoms with Crippen molar-refractivity contribution in [3.05, 3.63) is 17.0 Å². The summed E-state index contributed by atoms with van der Waals surface area (Å²) in [7, 11) is 0.690. The summed E-state index contributed by atoms with van der Waals surface area (Å²) in [5, 5.41) is 7.57. The number of nitrogens with one attached hydrogen (secondary N) is 1. The number of amides is 1. The molecule has 2 aliphatic rings. The number of hydrogen-bond donors (Lipinski definition) is 1. The summed E-state index contributed by atoms with van der Waals surface area (Å²) in [6.07, 6.45) is 6.30. The molecule has 3 rings (SSSR count). The maximum absolute atomic E-state index is 12.5. The van der Waals surface area contributed by atoms with E-state index in [1.54, 1.807) is 11.9 Å². The van der Waals surface area contributed by atoms with Gasteiger partial charge in [0.25, 0.3) is 0 Å². The van der Waals surface area contributed by atoms with Crippen molar-refractivity contribution in [3.63, 3.8) is 0 Å². The third-order valence-electron chi connectivity index (χ3n) is 5.42. The van der Waals surface area contributed by atoms with Crippen LogP contribution < -0.4 is 0 Å². The summed E-state index contributed by atoms with van der Waals surface area (Å²) in [6, 6.07) is -0.0518. The molecule has 7 nitrogen and oxygen atoms in total. The predicted octanol–water partition coefficient (Wildman–Crippen LogP) is 0.756. The Morgan fingerprint density at radius 1 is 1.24 bits per heavy atom. The van der Waals surface area contributed by atoms with E-state index in [4.69, 9.17) is 0 Å². The van der Waals surface area contributed by atoms with Crippen molar-refractivity contribution < 1.29 is 13.2 Å². The lowest BCUT2D eigenvalue weighted by atomic mass is 10.1. The Balaban J connectivity index is 1.57. The molecule has 0 bridgehead atoms. The van der Waals surface area contributed by atoms with Gasteiger partial charge in [-0.3, -0.25) is 14.8 Å². The highest BCUT2D eigenvalue weighted by molar-refractivity contribution is 7.91. The number of rotatable bonds is 5. The van der Waals surface area contributed by atoms with Gasteiger partial charge in [0.15, 0.2) is 9.84 Å². The number of aromatic nitrogens is 2. The van der Waals surface area contributed by atoms with Crippen LogP contribution in [0.4, 0.5) is 0 Å². The van der Waals surface area contributed by atoms with Crippen LogP contribution in [0, 0.1) is 0 Å². The Kier molecular flexibility index (Phi) is 5.48. The average molecular weight is 369 g/mol. The molecule has 0 saturated carbocycles. The number of carbonyl (C=O) groups is 1.